The third-order valence-electron chi connectivity index (χ3n) is 2.41. The van der Waals surface area contributed by atoms with Crippen LogP contribution in [0.3, 0.4) is 0 Å². The van der Waals surface area contributed by atoms with Crippen molar-refractivity contribution in [3.63, 3.8) is 0 Å². The van der Waals surface area contributed by atoms with Crippen LogP contribution in [0.1, 0.15) is 6.42 Å². The standard InChI is InChI=1S/C11H16FNO2.Y/c1-4-5-13(2,3)9-7-11(15)10(14)6-8(9)12;/h6-7,14-15H,1,4-5H2,2-3H3;. The second kappa shape index (κ2) is 5.94. The predicted molar refractivity (Wildman–Crippen MR) is 58.2 cm³/mol. The molecule has 16 heavy (non-hydrogen) atoms. The van der Waals surface area contributed by atoms with Gasteiger partial charge in [-0.1, -0.05) is 0 Å². The van der Waals surface area contributed by atoms with Gasteiger partial charge in [-0.15, -0.1) is 6.42 Å². The topological polar surface area (TPSA) is 40.5 Å². The van der Waals surface area contributed by atoms with Gasteiger partial charge in [-0.2, -0.15) is 0 Å². The summed E-state index contributed by atoms with van der Waals surface area (Å²) in [5, 5.41) is 18.4. The first kappa shape index (κ1) is 15.8. The monoisotopic (exact) mass is 302 g/mol. The number of aromatic hydroxyl groups is 2. The molecule has 0 aliphatic rings. The zero-order valence-corrected chi connectivity index (χ0v) is 12.4. The molecule has 87 valence electrons. The first-order chi connectivity index (χ1) is 6.88. The summed E-state index contributed by atoms with van der Waals surface area (Å²) in [4.78, 5) is 0. The third kappa shape index (κ3) is 3.40. The Morgan fingerprint density at radius 1 is 1.25 bits per heavy atom. The summed E-state index contributed by atoms with van der Waals surface area (Å²) in [6.45, 7) is 4.37. The van der Waals surface area contributed by atoms with Crippen LogP contribution in [0.25, 0.3) is 0 Å². The van der Waals surface area contributed by atoms with Crippen molar-refractivity contribution in [3.8, 4) is 11.5 Å². The van der Waals surface area contributed by atoms with Gasteiger partial charge in [0.2, 0.25) is 0 Å². The second-order valence-corrected chi connectivity index (χ2v) is 4.05. The molecule has 1 radical (unpaired) electrons. The summed E-state index contributed by atoms with van der Waals surface area (Å²) >= 11 is 0. The Kier molecular flexibility index (Phi) is 5.87. The molecule has 0 aromatic heterocycles. The molecule has 0 spiro atoms. The van der Waals surface area contributed by atoms with Crippen molar-refractivity contribution in [1.82, 2.24) is 4.48 Å². The van der Waals surface area contributed by atoms with Crippen LogP contribution in [0, 0.1) is 12.7 Å². The van der Waals surface area contributed by atoms with Gasteiger partial charge in [0.1, 0.15) is 0 Å². The Labute approximate surface area is 120 Å². The minimum Gasteiger partial charge on any atom is -0.504 e. The number of nitrogens with zero attached hydrogens (tertiary/aromatic N) is 1. The van der Waals surface area contributed by atoms with E-state index in [1.807, 2.05) is 14.1 Å². The molecule has 1 rings (SSSR count). The van der Waals surface area contributed by atoms with Gasteiger partial charge in [0.15, 0.2) is 23.0 Å². The smallest absolute Gasteiger partial charge is 0.187 e. The summed E-state index contributed by atoms with van der Waals surface area (Å²) in [6.07, 6.45) is 0.661. The van der Waals surface area contributed by atoms with E-state index in [4.69, 9.17) is 5.11 Å². The largest absolute Gasteiger partial charge is 0.504 e. The van der Waals surface area contributed by atoms with E-state index in [0.29, 0.717) is 18.7 Å². The molecule has 0 amide bonds. The van der Waals surface area contributed by atoms with E-state index >= 15 is 0 Å². The molecule has 0 saturated carbocycles. The van der Waals surface area contributed by atoms with Crippen LogP contribution >= 0.6 is 0 Å². The van der Waals surface area contributed by atoms with Gasteiger partial charge in [-0.3, -0.25) is 4.48 Å². The number of rotatable bonds is 3. The molecule has 0 atom stereocenters. The fourth-order valence-corrected chi connectivity index (χ4v) is 1.52. The number of phenolic OH excluding ortho intramolecular Hbond substituents is 2. The van der Waals surface area contributed by atoms with Gasteiger partial charge in [0.25, 0.3) is 0 Å². The molecule has 0 aliphatic carbocycles. The predicted octanol–water partition coefficient (Wildman–Crippen LogP) is 2.03. The van der Waals surface area contributed by atoms with Crippen molar-refractivity contribution < 1.29 is 47.3 Å². The zero-order chi connectivity index (χ0) is 11.6. The van der Waals surface area contributed by atoms with Gasteiger partial charge in [0, 0.05) is 44.8 Å². The SMILES string of the molecule is [CH2-]CC[N+](C)(C)c1cc(O)c(O)cc1F.[Y]. The van der Waals surface area contributed by atoms with E-state index in [1.165, 1.54) is 6.07 Å². The fourth-order valence-electron chi connectivity index (χ4n) is 1.52. The molecule has 3 nitrogen and oxygen atoms in total. The number of phenols is 2. The van der Waals surface area contributed by atoms with E-state index in [9.17, 15) is 9.50 Å². The van der Waals surface area contributed by atoms with Gasteiger partial charge in [0.05, 0.1) is 20.6 Å². The average molecular weight is 302 g/mol. The molecule has 0 unspecified atom stereocenters. The van der Waals surface area contributed by atoms with E-state index in [2.05, 4.69) is 6.92 Å². The fraction of sp³-hybridized carbons (Fsp3) is 0.364. The molecule has 0 aliphatic heterocycles. The summed E-state index contributed by atoms with van der Waals surface area (Å²) in [7, 11) is 3.64. The van der Waals surface area contributed by atoms with Crippen molar-refractivity contribution in [1.29, 1.82) is 0 Å². The van der Waals surface area contributed by atoms with Crippen LogP contribution in [0.2, 0.25) is 0 Å². The molecule has 0 heterocycles. The van der Waals surface area contributed by atoms with Crippen LogP contribution in [-0.4, -0.2) is 30.9 Å². The summed E-state index contributed by atoms with van der Waals surface area (Å²) in [5.41, 5.74) is 0.342. The van der Waals surface area contributed by atoms with E-state index in [0.717, 1.165) is 6.07 Å². The maximum atomic E-state index is 13.5. The maximum Gasteiger partial charge on any atom is 0.187 e. The number of benzene rings is 1. The van der Waals surface area contributed by atoms with E-state index < -0.39 is 11.6 Å². The molecule has 5 heteroatoms. The molecule has 0 bridgehead atoms. The molecular formula is C11H16FNO2Y. The van der Waals surface area contributed by atoms with E-state index in [1.54, 1.807) is 0 Å². The zero-order valence-electron chi connectivity index (χ0n) is 9.57. The Morgan fingerprint density at radius 3 is 2.25 bits per heavy atom. The van der Waals surface area contributed by atoms with Crippen molar-refractivity contribution >= 4 is 5.69 Å². The molecule has 2 N–H and O–H groups in total. The normalized spacial score (nSPS) is 11.0. The van der Waals surface area contributed by atoms with Crippen molar-refractivity contribution in [2.75, 3.05) is 20.6 Å². The van der Waals surface area contributed by atoms with E-state index in [-0.39, 0.29) is 42.9 Å². The van der Waals surface area contributed by atoms with Crippen LogP contribution in [0.5, 0.6) is 11.5 Å². The number of hydrogen-bond donors (Lipinski definition) is 2. The molecule has 0 fully saturated rings. The van der Waals surface area contributed by atoms with Crippen molar-refractivity contribution in [2.45, 2.75) is 6.42 Å². The Balaban J connectivity index is 0.00000225. The van der Waals surface area contributed by atoms with Crippen LogP contribution in [0.4, 0.5) is 10.1 Å². The van der Waals surface area contributed by atoms with Gasteiger partial charge in [-0.05, 0) is 0 Å². The molecule has 0 saturated heterocycles. The number of halogens is 1. The first-order valence-electron chi connectivity index (χ1n) is 4.73. The Hall–Kier alpha value is -0.186. The summed E-state index contributed by atoms with van der Waals surface area (Å²) in [6, 6.07) is 2.17. The molecule has 1 aromatic carbocycles. The van der Waals surface area contributed by atoms with Crippen LogP contribution in [-0.2, 0) is 32.7 Å². The third-order valence-corrected chi connectivity index (χ3v) is 2.41. The molecule has 1 aromatic rings. The van der Waals surface area contributed by atoms with Crippen LogP contribution < -0.4 is 4.48 Å². The summed E-state index contributed by atoms with van der Waals surface area (Å²) in [5.74, 6) is -1.27. The van der Waals surface area contributed by atoms with Gasteiger partial charge < -0.3 is 17.1 Å². The quantitative estimate of drug-likeness (QED) is 0.509. The van der Waals surface area contributed by atoms with Gasteiger partial charge >= 0.3 is 0 Å². The maximum absolute atomic E-state index is 13.5. The summed E-state index contributed by atoms with van der Waals surface area (Å²) < 4.78 is 13.8. The Morgan fingerprint density at radius 2 is 1.75 bits per heavy atom. The van der Waals surface area contributed by atoms with Crippen molar-refractivity contribution in [3.05, 3.63) is 24.9 Å². The van der Waals surface area contributed by atoms with Crippen molar-refractivity contribution in [2.24, 2.45) is 0 Å². The second-order valence-electron chi connectivity index (χ2n) is 4.05. The molecular weight excluding hydrogens is 286 g/mol. The number of hydrogen-bond acceptors (Lipinski definition) is 2. The number of quaternary nitrogens is 1. The first-order valence-corrected chi connectivity index (χ1v) is 4.73. The minimum atomic E-state index is -0.524. The Bertz CT molecular complexity index is 369. The average Bonchev–Trinajstić information content (AvgIpc) is 2.11. The van der Waals surface area contributed by atoms with Gasteiger partial charge in [-0.25, -0.2) is 4.39 Å². The van der Waals surface area contributed by atoms with Crippen LogP contribution in [0.15, 0.2) is 12.1 Å². The minimum absolute atomic E-state index is 0.